The molecule has 0 aromatic heterocycles. The van der Waals surface area contributed by atoms with Crippen molar-refractivity contribution < 1.29 is 4.74 Å². The molecule has 0 atom stereocenters. The summed E-state index contributed by atoms with van der Waals surface area (Å²) in [5.74, 6) is 0. The van der Waals surface area contributed by atoms with E-state index in [1.165, 1.54) is 19.3 Å². The van der Waals surface area contributed by atoms with Crippen molar-refractivity contribution in [3.05, 3.63) is 12.7 Å². The Balaban J connectivity index is -0.0000000208. The van der Waals surface area contributed by atoms with Gasteiger partial charge in [0.05, 0.1) is 5.60 Å². The summed E-state index contributed by atoms with van der Waals surface area (Å²) in [6.07, 6.45) is 8.23. The Morgan fingerprint density at radius 1 is 0.833 bits per heavy atom. The minimum absolute atomic E-state index is 0. The molecule has 0 spiro atoms. The third-order valence-corrected chi connectivity index (χ3v) is 2.48. The maximum Gasteiger partial charge on any atom is 0.0856 e. The van der Waals surface area contributed by atoms with E-state index in [2.05, 4.69) is 6.58 Å². The van der Waals surface area contributed by atoms with Crippen molar-refractivity contribution in [2.45, 2.75) is 82.3 Å². The van der Waals surface area contributed by atoms with Crippen LogP contribution in [0.15, 0.2) is 12.7 Å². The number of methoxy groups -OCH3 is 1. The summed E-state index contributed by atoms with van der Waals surface area (Å²) in [6.45, 7) is 3.80. The average molecular weight is 474 g/mol. The van der Waals surface area contributed by atoms with Crippen LogP contribution in [0.2, 0.25) is 0 Å². The van der Waals surface area contributed by atoms with Crippen LogP contribution in [0.3, 0.4) is 0 Å². The van der Waals surface area contributed by atoms with E-state index in [4.69, 9.17) is 4.74 Å². The molecule has 0 aliphatic heterocycles. The monoisotopic (exact) mass is 476 g/mol. The van der Waals surface area contributed by atoms with Crippen molar-refractivity contribution in [3.8, 4) is 0 Å². The molecule has 0 amide bonds. The summed E-state index contributed by atoms with van der Waals surface area (Å²) in [7, 11) is 1.78. The van der Waals surface area contributed by atoms with Crippen molar-refractivity contribution in [2.75, 3.05) is 7.11 Å². The SMILES string of the molecule is C.C.C.C.C.C.C=CC1(OC)CCCCC1.[Sn].[Sn]. The van der Waals surface area contributed by atoms with E-state index in [1.807, 2.05) is 6.08 Å². The standard InChI is InChI=1S/C9H16O.6CH4.2Sn/c1-3-9(10-2)7-5-4-6-8-9;;;;;;;;/h3H,1,4-8H2,2H3;6*1H4;;. The maximum absolute atomic E-state index is 5.41. The summed E-state index contributed by atoms with van der Waals surface area (Å²) in [6, 6.07) is 0. The van der Waals surface area contributed by atoms with Gasteiger partial charge >= 0.3 is 0 Å². The molecule has 1 saturated carbocycles. The fraction of sp³-hybridized carbons (Fsp3) is 0.867. The molecule has 0 aromatic rings. The summed E-state index contributed by atoms with van der Waals surface area (Å²) >= 11 is 0. The Labute approximate surface area is 153 Å². The maximum atomic E-state index is 5.41. The molecule has 0 N–H and O–H groups in total. The van der Waals surface area contributed by atoms with Gasteiger partial charge in [-0.3, -0.25) is 0 Å². The third kappa shape index (κ3) is 15.4. The van der Waals surface area contributed by atoms with Gasteiger partial charge in [-0.25, -0.2) is 0 Å². The zero-order valence-electron chi connectivity index (χ0n) is 7.73. The van der Waals surface area contributed by atoms with Gasteiger partial charge in [0.2, 0.25) is 0 Å². The molecule has 0 unspecified atom stereocenters. The summed E-state index contributed by atoms with van der Waals surface area (Å²) < 4.78 is 5.41. The van der Waals surface area contributed by atoms with Gasteiger partial charge in [0.25, 0.3) is 0 Å². The molecule has 0 heterocycles. The fourth-order valence-electron chi connectivity index (χ4n) is 1.64. The molecular formula is C15H40OSn2. The van der Waals surface area contributed by atoms with Gasteiger partial charge in [-0.05, 0) is 12.8 Å². The topological polar surface area (TPSA) is 9.23 Å². The van der Waals surface area contributed by atoms with E-state index in [0.717, 1.165) is 12.8 Å². The Morgan fingerprint density at radius 3 is 1.33 bits per heavy atom. The van der Waals surface area contributed by atoms with E-state index < -0.39 is 0 Å². The smallest absolute Gasteiger partial charge is 0.0856 e. The van der Waals surface area contributed by atoms with Crippen LogP contribution in [0.25, 0.3) is 0 Å². The predicted octanol–water partition coefficient (Wildman–Crippen LogP) is 5.58. The molecule has 1 nitrogen and oxygen atoms in total. The van der Waals surface area contributed by atoms with E-state index in [1.54, 1.807) is 7.11 Å². The molecule has 1 rings (SSSR count). The van der Waals surface area contributed by atoms with E-state index in [-0.39, 0.29) is 98.0 Å². The molecular weight excluding hydrogens is 434 g/mol. The largest absolute Gasteiger partial charge is 0.374 e. The van der Waals surface area contributed by atoms with Crippen molar-refractivity contribution in [2.24, 2.45) is 0 Å². The number of ether oxygens (including phenoxy) is 1. The second-order valence-electron chi connectivity index (χ2n) is 3.03. The second kappa shape index (κ2) is 26.8. The van der Waals surface area contributed by atoms with Crippen LogP contribution >= 0.6 is 0 Å². The first-order valence-electron chi connectivity index (χ1n) is 4.02. The zero-order valence-corrected chi connectivity index (χ0v) is 13.4. The number of hydrogen-bond acceptors (Lipinski definition) is 1. The molecule has 1 fully saturated rings. The second-order valence-corrected chi connectivity index (χ2v) is 3.03. The van der Waals surface area contributed by atoms with Crippen LogP contribution in [0, 0.1) is 0 Å². The van der Waals surface area contributed by atoms with Crippen LogP contribution in [0.4, 0.5) is 0 Å². The minimum atomic E-state index is 0. The van der Waals surface area contributed by atoms with Crippen LogP contribution < -0.4 is 0 Å². The average Bonchev–Trinajstić information content (AvgIpc) is 2.06. The van der Waals surface area contributed by atoms with Crippen LogP contribution in [-0.4, -0.2) is 60.5 Å². The Morgan fingerprint density at radius 2 is 1.17 bits per heavy atom. The zero-order chi connectivity index (χ0) is 7.45. The quantitative estimate of drug-likeness (QED) is 0.376. The van der Waals surface area contributed by atoms with Gasteiger partial charge in [0.15, 0.2) is 0 Å². The Bertz CT molecular complexity index is 122. The molecule has 1 aliphatic carbocycles. The van der Waals surface area contributed by atoms with Crippen molar-refractivity contribution in [1.82, 2.24) is 0 Å². The predicted molar refractivity (Wildman–Crippen MR) is 94.9 cm³/mol. The number of hydrogen-bond donors (Lipinski definition) is 0. The Kier molecular flexibility index (Phi) is 75.3. The molecule has 0 saturated heterocycles. The minimum Gasteiger partial charge on any atom is -0.374 e. The van der Waals surface area contributed by atoms with Gasteiger partial charge in [0, 0.05) is 54.9 Å². The van der Waals surface area contributed by atoms with E-state index in [9.17, 15) is 0 Å². The van der Waals surface area contributed by atoms with Crippen molar-refractivity contribution in [3.63, 3.8) is 0 Å². The molecule has 114 valence electrons. The van der Waals surface area contributed by atoms with Crippen molar-refractivity contribution >= 4 is 47.8 Å². The van der Waals surface area contributed by atoms with Gasteiger partial charge in [0.1, 0.15) is 0 Å². The summed E-state index contributed by atoms with van der Waals surface area (Å²) in [4.78, 5) is 0. The van der Waals surface area contributed by atoms with E-state index >= 15 is 0 Å². The molecule has 0 bridgehead atoms. The molecule has 3 heteroatoms. The van der Waals surface area contributed by atoms with Crippen molar-refractivity contribution in [1.29, 1.82) is 0 Å². The molecule has 0 aromatic carbocycles. The van der Waals surface area contributed by atoms with E-state index in [0.29, 0.717) is 0 Å². The van der Waals surface area contributed by atoms with Crippen LogP contribution in [-0.2, 0) is 4.74 Å². The van der Waals surface area contributed by atoms with Gasteiger partial charge in [-0.2, -0.15) is 0 Å². The molecule has 18 heavy (non-hydrogen) atoms. The first kappa shape index (κ1) is 50.6. The Hall–Kier alpha value is 1.30. The molecule has 1 aliphatic rings. The fourth-order valence-corrected chi connectivity index (χ4v) is 1.64. The first-order chi connectivity index (χ1) is 4.83. The first-order valence-corrected chi connectivity index (χ1v) is 4.02. The van der Waals surface area contributed by atoms with Crippen LogP contribution in [0.5, 0.6) is 0 Å². The third-order valence-electron chi connectivity index (χ3n) is 2.48. The normalized spacial score (nSPS) is 13.4. The summed E-state index contributed by atoms with van der Waals surface area (Å²) in [5.41, 5.74) is 0.0260. The van der Waals surface area contributed by atoms with Gasteiger partial charge in [-0.15, -0.1) is 6.58 Å². The summed E-state index contributed by atoms with van der Waals surface area (Å²) in [5, 5.41) is 0. The number of rotatable bonds is 2. The van der Waals surface area contributed by atoms with Gasteiger partial charge < -0.3 is 4.74 Å². The molecule has 8 radical (unpaired) electrons. The van der Waals surface area contributed by atoms with Gasteiger partial charge in [-0.1, -0.05) is 69.9 Å². The van der Waals surface area contributed by atoms with Crippen LogP contribution in [0.1, 0.15) is 76.7 Å².